The van der Waals surface area contributed by atoms with Crippen molar-refractivity contribution in [3.63, 3.8) is 0 Å². The Labute approximate surface area is 125 Å². The van der Waals surface area contributed by atoms with Gasteiger partial charge in [-0.3, -0.25) is 0 Å². The first-order valence-corrected chi connectivity index (χ1v) is 6.51. The Balaban J connectivity index is 1.78. The second kappa shape index (κ2) is 5.65. The molecule has 0 aliphatic heterocycles. The maximum Gasteiger partial charge on any atom is 0.222 e. The van der Waals surface area contributed by atoms with Crippen LogP contribution in [0, 0.1) is 0 Å². The third-order valence-electron chi connectivity index (χ3n) is 3.07. The van der Waals surface area contributed by atoms with Crippen molar-refractivity contribution in [3.8, 4) is 17.2 Å². The van der Waals surface area contributed by atoms with Gasteiger partial charge >= 0.3 is 0 Å². The fourth-order valence-electron chi connectivity index (χ4n) is 2.02. The lowest BCUT2D eigenvalue weighted by Crippen LogP contribution is -1.93. The smallest absolute Gasteiger partial charge is 0.222 e. The summed E-state index contributed by atoms with van der Waals surface area (Å²) in [4.78, 5) is 7.39. The number of ether oxygens (including phenoxy) is 1. The number of nitrogens with zero attached hydrogens (tertiary/aromatic N) is 2. The van der Waals surface area contributed by atoms with Crippen molar-refractivity contribution in [1.29, 1.82) is 0 Å². The first kappa shape index (κ1) is 13.7. The fraction of sp³-hybridized carbons (Fsp3) is 0.0667. The van der Waals surface area contributed by atoms with Crippen LogP contribution in [0.4, 0.5) is 5.95 Å². The zero-order valence-electron chi connectivity index (χ0n) is 11.7. The molecule has 0 amide bonds. The van der Waals surface area contributed by atoms with Gasteiger partial charge in [-0.1, -0.05) is 12.1 Å². The first-order valence-electron chi connectivity index (χ1n) is 6.51. The number of phenolic OH excluding ortho intramolecular Hbond substituents is 2. The Hall–Kier alpha value is -3.22. The number of fused-ring (bicyclic) bond motifs is 1. The normalized spacial score (nSPS) is 11.1. The lowest BCUT2D eigenvalue weighted by atomic mass is 10.2. The van der Waals surface area contributed by atoms with E-state index in [1.54, 1.807) is 6.07 Å². The molecular formula is C15H14N4O3. The summed E-state index contributed by atoms with van der Waals surface area (Å²) in [5.41, 5.74) is 5.08. The number of hydrogen-bond acceptors (Lipinski definition) is 6. The zero-order valence-corrected chi connectivity index (χ0v) is 11.7. The number of para-hydroxylation sites is 2. The van der Waals surface area contributed by atoms with Gasteiger partial charge in [-0.25, -0.2) is 10.4 Å². The molecule has 1 heterocycles. The Kier molecular flexibility index (Phi) is 3.53. The van der Waals surface area contributed by atoms with Gasteiger partial charge in [0.25, 0.3) is 0 Å². The van der Waals surface area contributed by atoms with Gasteiger partial charge in [-0.15, -0.1) is 0 Å². The molecule has 0 spiro atoms. The number of phenols is 2. The molecular weight excluding hydrogens is 284 g/mol. The Morgan fingerprint density at radius 1 is 1.27 bits per heavy atom. The molecule has 0 bridgehead atoms. The van der Waals surface area contributed by atoms with E-state index in [0.717, 1.165) is 11.0 Å². The predicted molar refractivity (Wildman–Crippen MR) is 83.6 cm³/mol. The minimum absolute atomic E-state index is 0.171. The summed E-state index contributed by atoms with van der Waals surface area (Å²) in [6.07, 6.45) is 1.48. The number of anilines is 1. The topological polar surface area (TPSA) is 103 Å². The Bertz CT molecular complexity index is 809. The van der Waals surface area contributed by atoms with Crippen molar-refractivity contribution in [2.45, 2.75) is 0 Å². The van der Waals surface area contributed by atoms with Crippen molar-refractivity contribution in [1.82, 2.24) is 9.97 Å². The maximum absolute atomic E-state index is 9.59. The van der Waals surface area contributed by atoms with Crippen molar-refractivity contribution < 1.29 is 14.9 Å². The van der Waals surface area contributed by atoms with Crippen LogP contribution in [0.25, 0.3) is 11.0 Å². The van der Waals surface area contributed by atoms with Crippen LogP contribution in [0.3, 0.4) is 0 Å². The summed E-state index contributed by atoms with van der Waals surface area (Å²) < 4.78 is 4.96. The van der Waals surface area contributed by atoms with Crippen molar-refractivity contribution in [2.75, 3.05) is 12.5 Å². The third kappa shape index (κ3) is 2.64. The largest absolute Gasteiger partial charge is 0.504 e. The van der Waals surface area contributed by atoms with Gasteiger partial charge in [-0.2, -0.15) is 5.10 Å². The maximum atomic E-state index is 9.59. The number of nitrogens with one attached hydrogen (secondary N) is 2. The van der Waals surface area contributed by atoms with E-state index in [4.69, 9.17) is 4.74 Å². The number of aromatic amines is 1. The van der Waals surface area contributed by atoms with E-state index < -0.39 is 0 Å². The molecule has 0 unspecified atom stereocenters. The minimum atomic E-state index is -0.301. The van der Waals surface area contributed by atoms with Gasteiger partial charge < -0.3 is 19.9 Å². The van der Waals surface area contributed by atoms with E-state index in [1.807, 2.05) is 24.3 Å². The first-order chi connectivity index (χ1) is 10.7. The highest BCUT2D eigenvalue weighted by atomic mass is 16.5. The second-order valence-electron chi connectivity index (χ2n) is 4.56. The molecule has 112 valence electrons. The van der Waals surface area contributed by atoms with Gasteiger partial charge in [0.05, 0.1) is 24.4 Å². The van der Waals surface area contributed by atoms with Crippen LogP contribution in [-0.2, 0) is 0 Å². The van der Waals surface area contributed by atoms with E-state index in [9.17, 15) is 10.2 Å². The van der Waals surface area contributed by atoms with E-state index in [-0.39, 0.29) is 17.2 Å². The van der Waals surface area contributed by atoms with E-state index >= 15 is 0 Å². The predicted octanol–water partition coefficient (Wildman–Crippen LogP) is 2.43. The highest BCUT2D eigenvalue weighted by molar-refractivity contribution is 5.83. The molecule has 0 aliphatic rings. The summed E-state index contributed by atoms with van der Waals surface area (Å²) in [6.45, 7) is 0. The second-order valence-corrected chi connectivity index (χ2v) is 4.56. The number of benzene rings is 2. The Morgan fingerprint density at radius 3 is 2.86 bits per heavy atom. The molecule has 0 fully saturated rings. The number of aromatic nitrogens is 2. The fourth-order valence-corrected chi connectivity index (χ4v) is 2.02. The van der Waals surface area contributed by atoms with Crippen LogP contribution >= 0.6 is 0 Å². The molecule has 3 aromatic rings. The molecule has 4 N–H and O–H groups in total. The van der Waals surface area contributed by atoms with Gasteiger partial charge in [0.2, 0.25) is 11.7 Å². The molecule has 0 saturated heterocycles. The monoisotopic (exact) mass is 298 g/mol. The number of hydrazone groups is 1. The lowest BCUT2D eigenvalue weighted by Gasteiger charge is -2.05. The summed E-state index contributed by atoms with van der Waals surface area (Å²) >= 11 is 0. The van der Waals surface area contributed by atoms with Crippen molar-refractivity contribution in [2.24, 2.45) is 5.10 Å². The van der Waals surface area contributed by atoms with Crippen molar-refractivity contribution >= 4 is 23.2 Å². The number of H-pyrrole nitrogens is 1. The van der Waals surface area contributed by atoms with Crippen molar-refractivity contribution in [3.05, 3.63) is 42.0 Å². The molecule has 0 radical (unpaired) electrons. The average Bonchev–Trinajstić information content (AvgIpc) is 2.93. The highest BCUT2D eigenvalue weighted by Gasteiger charge is 2.08. The number of rotatable bonds is 4. The van der Waals surface area contributed by atoms with Gasteiger partial charge in [0.1, 0.15) is 0 Å². The molecule has 2 aromatic carbocycles. The number of imidazole rings is 1. The van der Waals surface area contributed by atoms with Crippen LogP contribution in [0.2, 0.25) is 0 Å². The van der Waals surface area contributed by atoms with Crippen LogP contribution in [0.15, 0.2) is 41.5 Å². The molecule has 0 saturated carbocycles. The molecule has 1 aromatic heterocycles. The summed E-state index contributed by atoms with van der Waals surface area (Å²) in [5.74, 6) is 0.104. The number of hydrogen-bond donors (Lipinski definition) is 4. The zero-order chi connectivity index (χ0) is 15.5. The highest BCUT2D eigenvalue weighted by Crippen LogP contribution is 2.35. The minimum Gasteiger partial charge on any atom is -0.504 e. The van der Waals surface area contributed by atoms with Crippen LogP contribution in [0.1, 0.15) is 5.56 Å². The molecule has 0 aliphatic carbocycles. The van der Waals surface area contributed by atoms with E-state index in [2.05, 4.69) is 20.5 Å². The van der Waals surface area contributed by atoms with Crippen LogP contribution in [0.5, 0.6) is 17.2 Å². The standard InChI is InChI=1S/C15H14N4O3/c1-22-13-7-9(6-12(20)14(13)21)8-16-19-15-17-10-4-2-3-5-11(10)18-15/h2-8,20-21H,1H3,(H2,17,18,19)/b16-8+. The summed E-state index contributed by atoms with van der Waals surface area (Å²) in [7, 11) is 1.40. The van der Waals surface area contributed by atoms with E-state index in [0.29, 0.717) is 11.5 Å². The van der Waals surface area contributed by atoms with Gasteiger partial charge in [0, 0.05) is 5.56 Å². The third-order valence-corrected chi connectivity index (χ3v) is 3.07. The summed E-state index contributed by atoms with van der Waals surface area (Å²) in [6, 6.07) is 10.6. The molecule has 7 heteroatoms. The van der Waals surface area contributed by atoms with Crippen LogP contribution in [-0.4, -0.2) is 33.5 Å². The molecule has 22 heavy (non-hydrogen) atoms. The number of methoxy groups -OCH3 is 1. The Morgan fingerprint density at radius 2 is 2.09 bits per heavy atom. The molecule has 3 rings (SSSR count). The van der Waals surface area contributed by atoms with Gasteiger partial charge in [0.15, 0.2) is 11.5 Å². The summed E-state index contributed by atoms with van der Waals surface area (Å²) in [5, 5.41) is 23.2. The molecule has 0 atom stereocenters. The SMILES string of the molecule is COc1cc(/C=N/Nc2nc3ccccc3[nH]2)cc(O)c1O. The van der Waals surface area contributed by atoms with Gasteiger partial charge in [-0.05, 0) is 24.3 Å². The quantitative estimate of drug-likeness (QED) is 0.336. The average molecular weight is 298 g/mol. The van der Waals surface area contributed by atoms with Crippen LogP contribution < -0.4 is 10.2 Å². The molecule has 7 nitrogen and oxygen atoms in total. The lowest BCUT2D eigenvalue weighted by molar-refractivity contribution is 0.351. The number of aromatic hydroxyl groups is 2. The van der Waals surface area contributed by atoms with E-state index in [1.165, 1.54) is 19.4 Å².